The number of hydrogen-bond donors (Lipinski definition) is 2. The van der Waals surface area contributed by atoms with Crippen LogP contribution < -0.4 is 10.6 Å². The van der Waals surface area contributed by atoms with E-state index in [0.29, 0.717) is 11.1 Å². The molecule has 0 atom stereocenters. The molecular formula is C10H11ClN2O. The van der Waals surface area contributed by atoms with Crippen molar-refractivity contribution in [3.63, 3.8) is 0 Å². The number of urea groups is 1. The first-order chi connectivity index (χ1) is 6.74. The average molecular weight is 211 g/mol. The zero-order valence-corrected chi connectivity index (χ0v) is 8.34. The number of hydrogen-bond acceptors (Lipinski definition) is 1. The Morgan fingerprint density at radius 3 is 2.50 bits per heavy atom. The number of anilines is 1. The van der Waals surface area contributed by atoms with E-state index in [1.807, 2.05) is 0 Å². The Morgan fingerprint density at radius 1 is 1.29 bits per heavy atom. The molecule has 1 aromatic carbocycles. The predicted octanol–water partition coefficient (Wildman–Crippen LogP) is 2.62. The lowest BCUT2D eigenvalue weighted by Gasteiger charge is -2.05. The van der Waals surface area contributed by atoms with Gasteiger partial charge in [-0.05, 0) is 37.1 Å². The van der Waals surface area contributed by atoms with Crippen LogP contribution in [0.1, 0.15) is 12.8 Å². The van der Waals surface area contributed by atoms with E-state index in [-0.39, 0.29) is 6.03 Å². The van der Waals surface area contributed by atoms with E-state index in [0.717, 1.165) is 18.5 Å². The van der Waals surface area contributed by atoms with Crippen LogP contribution in [-0.4, -0.2) is 12.1 Å². The zero-order valence-electron chi connectivity index (χ0n) is 7.59. The molecule has 2 N–H and O–H groups in total. The van der Waals surface area contributed by atoms with Gasteiger partial charge in [-0.25, -0.2) is 4.79 Å². The summed E-state index contributed by atoms with van der Waals surface area (Å²) in [4.78, 5) is 11.3. The molecular weight excluding hydrogens is 200 g/mol. The van der Waals surface area contributed by atoms with Crippen LogP contribution in [0.4, 0.5) is 10.5 Å². The zero-order chi connectivity index (χ0) is 9.97. The number of carbonyl (C=O) groups excluding carboxylic acids is 1. The summed E-state index contributed by atoms with van der Waals surface area (Å²) in [6.45, 7) is 0. The Labute approximate surface area is 87.4 Å². The van der Waals surface area contributed by atoms with Gasteiger partial charge < -0.3 is 10.6 Å². The van der Waals surface area contributed by atoms with Gasteiger partial charge in [0.25, 0.3) is 0 Å². The highest BCUT2D eigenvalue weighted by molar-refractivity contribution is 6.30. The van der Waals surface area contributed by atoms with Gasteiger partial charge in [0.05, 0.1) is 0 Å². The van der Waals surface area contributed by atoms with Crippen molar-refractivity contribution < 1.29 is 4.79 Å². The smallest absolute Gasteiger partial charge is 0.319 e. The third-order valence-corrected chi connectivity index (χ3v) is 2.27. The molecule has 14 heavy (non-hydrogen) atoms. The number of carbonyl (C=O) groups is 1. The van der Waals surface area contributed by atoms with Crippen LogP contribution in [0.5, 0.6) is 0 Å². The molecule has 0 heterocycles. The minimum Gasteiger partial charge on any atom is -0.335 e. The molecule has 0 unspecified atom stereocenters. The Hall–Kier alpha value is -1.22. The fraction of sp³-hybridized carbons (Fsp3) is 0.300. The standard InChI is InChI=1S/C10H11ClN2O/c11-7-1-3-8(4-2-7)12-10(14)13-9-5-6-9/h1-4,9H,5-6H2,(H2,12,13,14). The molecule has 4 heteroatoms. The molecule has 1 fully saturated rings. The van der Waals surface area contributed by atoms with E-state index in [4.69, 9.17) is 11.6 Å². The molecule has 0 aromatic heterocycles. The largest absolute Gasteiger partial charge is 0.335 e. The van der Waals surface area contributed by atoms with Crippen LogP contribution in [0.3, 0.4) is 0 Å². The van der Waals surface area contributed by atoms with E-state index in [1.165, 1.54) is 0 Å². The first kappa shape index (κ1) is 9.34. The van der Waals surface area contributed by atoms with Crippen molar-refractivity contribution in [3.8, 4) is 0 Å². The molecule has 0 aliphatic heterocycles. The summed E-state index contributed by atoms with van der Waals surface area (Å²) in [5, 5.41) is 6.23. The van der Waals surface area contributed by atoms with E-state index < -0.39 is 0 Å². The quantitative estimate of drug-likeness (QED) is 0.774. The first-order valence-electron chi connectivity index (χ1n) is 4.57. The molecule has 0 radical (unpaired) electrons. The summed E-state index contributed by atoms with van der Waals surface area (Å²) >= 11 is 5.71. The summed E-state index contributed by atoms with van der Waals surface area (Å²) in [6.07, 6.45) is 2.18. The first-order valence-corrected chi connectivity index (χ1v) is 4.95. The molecule has 1 aromatic rings. The number of nitrogens with one attached hydrogen (secondary N) is 2. The van der Waals surface area contributed by atoms with Crippen molar-refractivity contribution in [2.75, 3.05) is 5.32 Å². The van der Waals surface area contributed by atoms with Gasteiger partial charge in [-0.15, -0.1) is 0 Å². The maximum absolute atomic E-state index is 11.3. The van der Waals surface area contributed by atoms with Gasteiger partial charge >= 0.3 is 6.03 Å². The van der Waals surface area contributed by atoms with Crippen LogP contribution in [0.15, 0.2) is 24.3 Å². The molecule has 1 aliphatic carbocycles. The second-order valence-corrected chi connectivity index (χ2v) is 3.82. The van der Waals surface area contributed by atoms with Gasteiger partial charge in [0, 0.05) is 16.8 Å². The van der Waals surface area contributed by atoms with Crippen molar-refractivity contribution in [2.24, 2.45) is 0 Å². The summed E-state index contributed by atoms with van der Waals surface area (Å²) < 4.78 is 0. The summed E-state index contributed by atoms with van der Waals surface area (Å²) in [7, 11) is 0. The van der Waals surface area contributed by atoms with Crippen molar-refractivity contribution in [1.82, 2.24) is 5.32 Å². The highest BCUT2D eigenvalue weighted by Gasteiger charge is 2.22. The third-order valence-electron chi connectivity index (χ3n) is 2.01. The van der Waals surface area contributed by atoms with Gasteiger partial charge in [0.15, 0.2) is 0 Å². The normalized spacial score (nSPS) is 14.9. The van der Waals surface area contributed by atoms with Crippen LogP contribution in [-0.2, 0) is 0 Å². The van der Waals surface area contributed by atoms with Crippen molar-refractivity contribution >= 4 is 23.3 Å². The lowest BCUT2D eigenvalue weighted by Crippen LogP contribution is -2.30. The van der Waals surface area contributed by atoms with Crippen molar-refractivity contribution in [2.45, 2.75) is 18.9 Å². The highest BCUT2D eigenvalue weighted by Crippen LogP contribution is 2.19. The topological polar surface area (TPSA) is 41.1 Å². The summed E-state index contributed by atoms with van der Waals surface area (Å²) in [5.41, 5.74) is 0.757. The molecule has 1 aliphatic rings. The van der Waals surface area contributed by atoms with Crippen molar-refractivity contribution in [1.29, 1.82) is 0 Å². The van der Waals surface area contributed by atoms with E-state index in [2.05, 4.69) is 10.6 Å². The van der Waals surface area contributed by atoms with Gasteiger partial charge in [0.2, 0.25) is 0 Å². The predicted molar refractivity (Wildman–Crippen MR) is 56.6 cm³/mol. The summed E-state index contributed by atoms with van der Waals surface area (Å²) in [6, 6.07) is 7.27. The second kappa shape index (κ2) is 3.88. The monoisotopic (exact) mass is 210 g/mol. The molecule has 2 amide bonds. The van der Waals surface area contributed by atoms with Crippen LogP contribution in [0, 0.1) is 0 Å². The van der Waals surface area contributed by atoms with Crippen LogP contribution in [0.2, 0.25) is 5.02 Å². The Balaban J connectivity index is 1.89. The Bertz CT molecular complexity index is 332. The van der Waals surface area contributed by atoms with E-state index >= 15 is 0 Å². The lowest BCUT2D eigenvalue weighted by atomic mass is 10.3. The Morgan fingerprint density at radius 2 is 1.93 bits per heavy atom. The van der Waals surface area contributed by atoms with Crippen LogP contribution >= 0.6 is 11.6 Å². The summed E-state index contributed by atoms with van der Waals surface area (Å²) in [5.74, 6) is 0. The maximum Gasteiger partial charge on any atom is 0.319 e. The minimum absolute atomic E-state index is 0.144. The third kappa shape index (κ3) is 2.64. The van der Waals surface area contributed by atoms with Gasteiger partial charge in [0.1, 0.15) is 0 Å². The molecule has 0 spiro atoms. The lowest BCUT2D eigenvalue weighted by molar-refractivity contribution is 0.251. The molecule has 1 saturated carbocycles. The fourth-order valence-corrected chi connectivity index (χ4v) is 1.24. The number of halogens is 1. The van der Waals surface area contributed by atoms with Crippen molar-refractivity contribution in [3.05, 3.63) is 29.3 Å². The molecule has 0 saturated heterocycles. The Kier molecular flexibility index (Phi) is 2.59. The van der Waals surface area contributed by atoms with Gasteiger partial charge in [-0.3, -0.25) is 0 Å². The maximum atomic E-state index is 11.3. The SMILES string of the molecule is O=C(Nc1ccc(Cl)cc1)NC1CC1. The molecule has 2 rings (SSSR count). The number of benzene rings is 1. The van der Waals surface area contributed by atoms with Gasteiger partial charge in [-0.2, -0.15) is 0 Å². The van der Waals surface area contributed by atoms with Gasteiger partial charge in [-0.1, -0.05) is 11.6 Å². The van der Waals surface area contributed by atoms with E-state index in [9.17, 15) is 4.79 Å². The number of amides is 2. The molecule has 74 valence electrons. The van der Waals surface area contributed by atoms with Crippen LogP contribution in [0.25, 0.3) is 0 Å². The van der Waals surface area contributed by atoms with E-state index in [1.54, 1.807) is 24.3 Å². The second-order valence-electron chi connectivity index (χ2n) is 3.38. The minimum atomic E-state index is -0.144. The molecule has 3 nitrogen and oxygen atoms in total. The highest BCUT2D eigenvalue weighted by atomic mass is 35.5. The fourth-order valence-electron chi connectivity index (χ4n) is 1.11. The molecule has 0 bridgehead atoms. The average Bonchev–Trinajstić information content (AvgIpc) is 2.93. The number of rotatable bonds is 2.